The van der Waals surface area contributed by atoms with E-state index in [1.165, 1.54) is 6.07 Å². The van der Waals surface area contributed by atoms with Gasteiger partial charge in [-0.15, -0.1) is 0 Å². The molecule has 1 aromatic carbocycles. The van der Waals surface area contributed by atoms with Crippen LogP contribution in [-0.4, -0.2) is 42.1 Å². The van der Waals surface area contributed by atoms with Crippen LogP contribution in [0.5, 0.6) is 0 Å². The van der Waals surface area contributed by atoms with Crippen molar-refractivity contribution < 1.29 is 23.1 Å². The molecule has 1 spiro atoms. The Morgan fingerprint density at radius 2 is 2.00 bits per heavy atom. The van der Waals surface area contributed by atoms with Crippen molar-refractivity contribution in [1.29, 1.82) is 0 Å². The molecule has 3 aliphatic rings. The van der Waals surface area contributed by atoms with Gasteiger partial charge in [-0.25, -0.2) is 13.6 Å². The number of carbonyl (C=O) groups excluding carboxylic acids is 2. The van der Waals surface area contributed by atoms with Crippen molar-refractivity contribution in [3.63, 3.8) is 0 Å². The van der Waals surface area contributed by atoms with Gasteiger partial charge < -0.3 is 15.0 Å². The van der Waals surface area contributed by atoms with Gasteiger partial charge in [0.25, 0.3) is 5.92 Å². The Bertz CT molecular complexity index is 748. The smallest absolute Gasteiger partial charge is 0.407 e. The first-order valence-electron chi connectivity index (χ1n) is 9.48. The lowest BCUT2D eigenvalue weighted by Crippen LogP contribution is -2.58. The summed E-state index contributed by atoms with van der Waals surface area (Å²) in [4.78, 5) is 25.8. The largest absolute Gasteiger partial charge is 0.447 e. The summed E-state index contributed by atoms with van der Waals surface area (Å²) in [6.07, 6.45) is 2.42. The second-order valence-electron chi connectivity index (χ2n) is 8.20. The predicted molar refractivity (Wildman–Crippen MR) is 94.5 cm³/mol. The third-order valence-electron chi connectivity index (χ3n) is 6.14. The first-order chi connectivity index (χ1) is 12.8. The molecule has 2 heterocycles. The molecule has 3 fully saturated rings. The average molecular weight is 378 g/mol. The highest BCUT2D eigenvalue weighted by Crippen LogP contribution is 2.42. The van der Waals surface area contributed by atoms with Crippen molar-refractivity contribution in [1.82, 2.24) is 10.2 Å². The Morgan fingerprint density at radius 1 is 1.30 bits per heavy atom. The molecule has 5 nitrogen and oxygen atoms in total. The Kier molecular flexibility index (Phi) is 4.35. The standard InChI is InChI=1S/C20H24F2N2O3/c1-19(21,22)16-4-2-3-14(9-16)13-5-7-24(8-6-13)17(25)15-10-20(11-15)12-27-18(26)23-20/h2-4,9,13,15H,5-8,10-12H2,1H3,(H,23,26). The van der Waals surface area contributed by atoms with Crippen molar-refractivity contribution in [3.05, 3.63) is 35.4 Å². The highest BCUT2D eigenvalue weighted by atomic mass is 19.3. The molecule has 7 heteroatoms. The summed E-state index contributed by atoms with van der Waals surface area (Å²) in [6, 6.07) is 6.64. The van der Waals surface area contributed by atoms with Gasteiger partial charge in [0.15, 0.2) is 0 Å². The van der Waals surface area contributed by atoms with E-state index < -0.39 is 12.0 Å². The van der Waals surface area contributed by atoms with E-state index in [0.29, 0.717) is 32.5 Å². The van der Waals surface area contributed by atoms with Crippen molar-refractivity contribution in [2.45, 2.75) is 50.0 Å². The SMILES string of the molecule is CC(F)(F)c1cccc(C2CCN(C(=O)C3CC4(COC(=O)N4)C3)CC2)c1. The number of nitrogens with zero attached hydrogens (tertiary/aromatic N) is 1. The summed E-state index contributed by atoms with van der Waals surface area (Å²) in [5.74, 6) is -2.57. The molecule has 146 valence electrons. The van der Waals surface area contributed by atoms with Gasteiger partial charge in [-0.1, -0.05) is 18.2 Å². The summed E-state index contributed by atoms with van der Waals surface area (Å²) in [7, 11) is 0. The molecule has 1 aromatic rings. The lowest BCUT2D eigenvalue weighted by molar-refractivity contribution is -0.142. The number of alkyl halides is 2. The number of carbonyl (C=O) groups is 2. The van der Waals surface area contributed by atoms with Gasteiger partial charge in [0.1, 0.15) is 6.61 Å². The second kappa shape index (κ2) is 6.46. The van der Waals surface area contributed by atoms with Crippen LogP contribution in [0.3, 0.4) is 0 Å². The number of ether oxygens (including phenoxy) is 1. The number of hydrogen-bond donors (Lipinski definition) is 1. The first-order valence-corrected chi connectivity index (χ1v) is 9.48. The molecule has 2 aliphatic heterocycles. The number of likely N-dealkylation sites (tertiary alicyclic amines) is 1. The van der Waals surface area contributed by atoms with Crippen LogP contribution in [0.2, 0.25) is 0 Å². The monoisotopic (exact) mass is 378 g/mol. The zero-order valence-electron chi connectivity index (χ0n) is 15.3. The van der Waals surface area contributed by atoms with E-state index >= 15 is 0 Å². The molecule has 1 N–H and O–H groups in total. The minimum atomic E-state index is -2.84. The lowest BCUT2D eigenvalue weighted by atomic mass is 9.68. The topological polar surface area (TPSA) is 58.6 Å². The quantitative estimate of drug-likeness (QED) is 0.877. The van der Waals surface area contributed by atoms with E-state index in [0.717, 1.165) is 25.3 Å². The number of cyclic esters (lactones) is 1. The van der Waals surface area contributed by atoms with Crippen LogP contribution in [0, 0.1) is 5.92 Å². The van der Waals surface area contributed by atoms with E-state index in [-0.39, 0.29) is 28.8 Å². The molecule has 27 heavy (non-hydrogen) atoms. The third-order valence-corrected chi connectivity index (χ3v) is 6.14. The summed E-state index contributed by atoms with van der Waals surface area (Å²) in [5, 5.41) is 2.81. The fraction of sp³-hybridized carbons (Fsp3) is 0.600. The zero-order valence-corrected chi connectivity index (χ0v) is 15.3. The normalized spacial score (nSPS) is 28.6. The van der Waals surface area contributed by atoms with Crippen molar-refractivity contribution in [3.8, 4) is 0 Å². The summed E-state index contributed by atoms with van der Waals surface area (Å²) in [6.45, 7) is 2.54. The maximum absolute atomic E-state index is 13.6. The van der Waals surface area contributed by atoms with E-state index in [2.05, 4.69) is 5.32 Å². The minimum absolute atomic E-state index is 0.0408. The first kappa shape index (κ1) is 18.2. The summed E-state index contributed by atoms with van der Waals surface area (Å²) in [5.41, 5.74) is 0.621. The Balaban J connectivity index is 1.32. The number of hydrogen-bond acceptors (Lipinski definition) is 3. The summed E-state index contributed by atoms with van der Waals surface area (Å²) >= 11 is 0. The van der Waals surface area contributed by atoms with Gasteiger partial charge in [-0.3, -0.25) is 4.79 Å². The molecule has 2 saturated heterocycles. The molecule has 2 amide bonds. The molecule has 0 bridgehead atoms. The van der Waals surface area contributed by atoms with Crippen LogP contribution >= 0.6 is 0 Å². The Labute approximate surface area is 157 Å². The molecule has 0 aromatic heterocycles. The number of alkyl carbamates (subject to hydrolysis) is 1. The fourth-order valence-corrected chi connectivity index (χ4v) is 4.53. The molecule has 0 unspecified atom stereocenters. The van der Waals surface area contributed by atoms with Crippen LogP contribution in [0.4, 0.5) is 13.6 Å². The number of halogens is 2. The number of benzene rings is 1. The van der Waals surface area contributed by atoms with Crippen LogP contribution in [0.25, 0.3) is 0 Å². The van der Waals surface area contributed by atoms with E-state index in [1.807, 2.05) is 11.0 Å². The van der Waals surface area contributed by atoms with E-state index in [1.54, 1.807) is 12.1 Å². The number of piperidine rings is 1. The van der Waals surface area contributed by atoms with Gasteiger partial charge in [0, 0.05) is 31.5 Å². The Hall–Kier alpha value is -2.18. The van der Waals surface area contributed by atoms with Crippen LogP contribution < -0.4 is 5.32 Å². The van der Waals surface area contributed by atoms with Crippen LogP contribution in [0.15, 0.2) is 24.3 Å². The minimum Gasteiger partial charge on any atom is -0.447 e. The van der Waals surface area contributed by atoms with Gasteiger partial charge >= 0.3 is 6.09 Å². The molecule has 0 atom stereocenters. The van der Waals surface area contributed by atoms with Gasteiger partial charge in [-0.05, 0) is 43.2 Å². The van der Waals surface area contributed by atoms with Crippen LogP contribution in [0.1, 0.15) is 49.7 Å². The maximum Gasteiger partial charge on any atom is 0.407 e. The predicted octanol–water partition coefficient (Wildman–Crippen LogP) is 3.39. The molecule has 1 saturated carbocycles. The molecule has 1 aliphatic carbocycles. The van der Waals surface area contributed by atoms with Gasteiger partial charge in [0.2, 0.25) is 5.91 Å². The van der Waals surface area contributed by atoms with Gasteiger partial charge in [0.05, 0.1) is 5.54 Å². The number of nitrogens with one attached hydrogen (secondary N) is 1. The zero-order chi connectivity index (χ0) is 19.2. The van der Waals surface area contributed by atoms with Crippen molar-refractivity contribution >= 4 is 12.0 Å². The van der Waals surface area contributed by atoms with E-state index in [9.17, 15) is 18.4 Å². The number of rotatable bonds is 3. The molecular weight excluding hydrogens is 354 g/mol. The van der Waals surface area contributed by atoms with Crippen molar-refractivity contribution in [2.75, 3.05) is 19.7 Å². The Morgan fingerprint density at radius 3 is 2.59 bits per heavy atom. The highest BCUT2D eigenvalue weighted by Gasteiger charge is 2.53. The highest BCUT2D eigenvalue weighted by molar-refractivity contribution is 5.81. The van der Waals surface area contributed by atoms with Gasteiger partial charge in [-0.2, -0.15) is 0 Å². The van der Waals surface area contributed by atoms with Crippen LogP contribution in [-0.2, 0) is 15.5 Å². The summed E-state index contributed by atoms with van der Waals surface area (Å²) < 4.78 is 32.1. The second-order valence-corrected chi connectivity index (χ2v) is 8.20. The molecule has 4 rings (SSSR count). The molecule has 0 radical (unpaired) electrons. The average Bonchev–Trinajstić information content (AvgIpc) is 3.02. The van der Waals surface area contributed by atoms with E-state index in [4.69, 9.17) is 4.74 Å². The third kappa shape index (κ3) is 3.51. The lowest BCUT2D eigenvalue weighted by Gasteiger charge is -2.45. The number of amides is 2. The fourth-order valence-electron chi connectivity index (χ4n) is 4.53. The van der Waals surface area contributed by atoms with Crippen molar-refractivity contribution in [2.24, 2.45) is 5.92 Å². The maximum atomic E-state index is 13.6. The molecular formula is C20H24F2N2O3.